The lowest BCUT2D eigenvalue weighted by molar-refractivity contribution is -0.117. The minimum atomic E-state index is -0.213. The zero-order valence-corrected chi connectivity index (χ0v) is 12.9. The molecule has 1 atom stereocenters. The molecular weight excluding hydrogens is 276 g/mol. The Labute approximate surface area is 130 Å². The van der Waals surface area contributed by atoms with Crippen molar-refractivity contribution >= 4 is 17.3 Å². The Kier molecular flexibility index (Phi) is 4.00. The van der Waals surface area contributed by atoms with E-state index in [1.165, 1.54) is 5.56 Å². The van der Waals surface area contributed by atoms with Crippen molar-refractivity contribution < 1.29 is 9.53 Å². The number of hydrogen-bond donors (Lipinski definition) is 1. The largest absolute Gasteiger partial charge is 0.497 e. The fourth-order valence-corrected chi connectivity index (χ4v) is 2.86. The number of amides is 1. The SMILES string of the molecule is COc1cccc(NC(=O)[C@@H](C)N2CCc3ccccc32)c1. The van der Waals surface area contributed by atoms with Crippen LogP contribution in [-0.2, 0) is 11.2 Å². The molecular formula is C18H20N2O2. The summed E-state index contributed by atoms with van der Waals surface area (Å²) in [5, 5.41) is 2.96. The van der Waals surface area contributed by atoms with E-state index >= 15 is 0 Å². The summed E-state index contributed by atoms with van der Waals surface area (Å²) in [6.45, 7) is 2.82. The topological polar surface area (TPSA) is 41.6 Å². The summed E-state index contributed by atoms with van der Waals surface area (Å²) in [6.07, 6.45) is 0.993. The molecule has 0 aromatic heterocycles. The lowest BCUT2D eigenvalue weighted by atomic mass is 10.1. The van der Waals surface area contributed by atoms with Gasteiger partial charge in [0, 0.05) is 24.0 Å². The van der Waals surface area contributed by atoms with Crippen molar-refractivity contribution in [3.63, 3.8) is 0 Å². The summed E-state index contributed by atoms with van der Waals surface area (Å²) >= 11 is 0. The van der Waals surface area contributed by atoms with Gasteiger partial charge in [-0.3, -0.25) is 4.79 Å². The minimum Gasteiger partial charge on any atom is -0.497 e. The summed E-state index contributed by atoms with van der Waals surface area (Å²) in [5.41, 5.74) is 3.23. The summed E-state index contributed by atoms with van der Waals surface area (Å²) in [5.74, 6) is 0.724. The van der Waals surface area contributed by atoms with Gasteiger partial charge in [0.25, 0.3) is 0 Å². The molecule has 0 radical (unpaired) electrons. The van der Waals surface area contributed by atoms with Crippen LogP contribution in [-0.4, -0.2) is 25.6 Å². The fraction of sp³-hybridized carbons (Fsp3) is 0.278. The summed E-state index contributed by atoms with van der Waals surface area (Å²) < 4.78 is 5.18. The van der Waals surface area contributed by atoms with Crippen molar-refractivity contribution in [3.8, 4) is 5.75 Å². The Balaban J connectivity index is 1.73. The molecule has 0 fully saturated rings. The first-order valence-electron chi connectivity index (χ1n) is 7.48. The minimum absolute atomic E-state index is 0.00930. The number of anilines is 2. The predicted octanol–water partition coefficient (Wildman–Crippen LogP) is 3.08. The van der Waals surface area contributed by atoms with Crippen LogP contribution >= 0.6 is 0 Å². The van der Waals surface area contributed by atoms with Crippen LogP contribution in [0.2, 0.25) is 0 Å². The van der Waals surface area contributed by atoms with Gasteiger partial charge < -0.3 is 15.0 Å². The third-order valence-corrected chi connectivity index (χ3v) is 4.11. The Morgan fingerprint density at radius 1 is 1.23 bits per heavy atom. The molecule has 0 aliphatic carbocycles. The molecule has 0 saturated heterocycles. The highest BCUT2D eigenvalue weighted by molar-refractivity contribution is 5.97. The highest BCUT2D eigenvalue weighted by Gasteiger charge is 2.27. The number of fused-ring (bicyclic) bond motifs is 1. The highest BCUT2D eigenvalue weighted by atomic mass is 16.5. The van der Waals surface area contributed by atoms with Crippen molar-refractivity contribution in [2.45, 2.75) is 19.4 Å². The maximum Gasteiger partial charge on any atom is 0.246 e. The fourth-order valence-electron chi connectivity index (χ4n) is 2.86. The van der Waals surface area contributed by atoms with Gasteiger partial charge in [-0.15, -0.1) is 0 Å². The lowest BCUT2D eigenvalue weighted by Crippen LogP contribution is -2.41. The molecule has 0 bridgehead atoms. The number of carbonyl (C=O) groups excluding carboxylic acids is 1. The predicted molar refractivity (Wildman–Crippen MR) is 88.6 cm³/mol. The van der Waals surface area contributed by atoms with Gasteiger partial charge in [-0.2, -0.15) is 0 Å². The average Bonchev–Trinajstić information content (AvgIpc) is 2.98. The summed E-state index contributed by atoms with van der Waals surface area (Å²) in [6, 6.07) is 15.5. The van der Waals surface area contributed by atoms with Crippen LogP contribution < -0.4 is 15.0 Å². The van der Waals surface area contributed by atoms with Gasteiger partial charge in [0.05, 0.1) is 7.11 Å². The van der Waals surface area contributed by atoms with Gasteiger partial charge in [-0.05, 0) is 37.1 Å². The van der Waals surface area contributed by atoms with E-state index in [2.05, 4.69) is 22.3 Å². The molecule has 1 aliphatic rings. The van der Waals surface area contributed by atoms with Gasteiger partial charge in [0.15, 0.2) is 0 Å². The van der Waals surface area contributed by atoms with E-state index in [4.69, 9.17) is 4.74 Å². The van der Waals surface area contributed by atoms with Crippen LogP contribution in [0.15, 0.2) is 48.5 Å². The molecule has 1 amide bonds. The van der Waals surface area contributed by atoms with Gasteiger partial charge >= 0.3 is 0 Å². The maximum absolute atomic E-state index is 12.5. The number of benzene rings is 2. The van der Waals surface area contributed by atoms with E-state index in [0.29, 0.717) is 0 Å². The molecule has 1 heterocycles. The zero-order valence-electron chi connectivity index (χ0n) is 12.9. The van der Waals surface area contributed by atoms with Crippen LogP contribution in [0, 0.1) is 0 Å². The first-order chi connectivity index (χ1) is 10.7. The first-order valence-corrected chi connectivity index (χ1v) is 7.48. The molecule has 114 valence electrons. The normalized spacial score (nSPS) is 14.4. The van der Waals surface area contributed by atoms with E-state index in [1.54, 1.807) is 7.11 Å². The van der Waals surface area contributed by atoms with Crippen LogP contribution in [0.3, 0.4) is 0 Å². The van der Waals surface area contributed by atoms with Crippen molar-refractivity contribution in [1.29, 1.82) is 0 Å². The molecule has 2 aromatic rings. The Hall–Kier alpha value is -2.49. The van der Waals surface area contributed by atoms with Crippen LogP contribution in [0.1, 0.15) is 12.5 Å². The Bertz CT molecular complexity index is 684. The molecule has 1 aliphatic heterocycles. The van der Waals surface area contributed by atoms with Crippen molar-refractivity contribution in [2.24, 2.45) is 0 Å². The third-order valence-electron chi connectivity index (χ3n) is 4.11. The molecule has 1 N–H and O–H groups in total. The van der Waals surface area contributed by atoms with E-state index in [0.717, 1.165) is 30.1 Å². The zero-order chi connectivity index (χ0) is 15.5. The number of carbonyl (C=O) groups is 1. The second-order valence-corrected chi connectivity index (χ2v) is 5.47. The summed E-state index contributed by atoms with van der Waals surface area (Å²) in [7, 11) is 1.62. The van der Waals surface area contributed by atoms with Crippen LogP contribution in [0.25, 0.3) is 0 Å². The van der Waals surface area contributed by atoms with Crippen molar-refractivity contribution in [3.05, 3.63) is 54.1 Å². The second-order valence-electron chi connectivity index (χ2n) is 5.47. The quantitative estimate of drug-likeness (QED) is 0.942. The first kappa shape index (κ1) is 14.4. The molecule has 0 unspecified atom stereocenters. The average molecular weight is 296 g/mol. The Morgan fingerprint density at radius 2 is 2.05 bits per heavy atom. The van der Waals surface area contributed by atoms with Gasteiger partial charge in [-0.1, -0.05) is 24.3 Å². The lowest BCUT2D eigenvalue weighted by Gasteiger charge is -2.26. The number of ether oxygens (including phenoxy) is 1. The number of hydrogen-bond acceptors (Lipinski definition) is 3. The van der Waals surface area contributed by atoms with E-state index < -0.39 is 0 Å². The molecule has 4 nitrogen and oxygen atoms in total. The highest BCUT2D eigenvalue weighted by Crippen LogP contribution is 2.29. The number of nitrogens with one attached hydrogen (secondary N) is 1. The van der Waals surface area contributed by atoms with E-state index in [-0.39, 0.29) is 11.9 Å². The third kappa shape index (κ3) is 2.77. The molecule has 2 aromatic carbocycles. The molecule has 22 heavy (non-hydrogen) atoms. The monoisotopic (exact) mass is 296 g/mol. The van der Waals surface area contributed by atoms with E-state index in [1.807, 2.05) is 43.3 Å². The van der Waals surface area contributed by atoms with Crippen molar-refractivity contribution in [2.75, 3.05) is 23.9 Å². The maximum atomic E-state index is 12.5. The van der Waals surface area contributed by atoms with Gasteiger partial charge in [0.2, 0.25) is 5.91 Å². The molecule has 4 heteroatoms. The number of methoxy groups -OCH3 is 1. The van der Waals surface area contributed by atoms with Gasteiger partial charge in [0.1, 0.15) is 11.8 Å². The smallest absolute Gasteiger partial charge is 0.246 e. The van der Waals surface area contributed by atoms with E-state index in [9.17, 15) is 4.79 Å². The number of para-hydroxylation sites is 1. The van der Waals surface area contributed by atoms with Gasteiger partial charge in [-0.25, -0.2) is 0 Å². The number of rotatable bonds is 4. The second kappa shape index (κ2) is 6.10. The van der Waals surface area contributed by atoms with Crippen molar-refractivity contribution in [1.82, 2.24) is 0 Å². The van der Waals surface area contributed by atoms with Crippen LogP contribution in [0.5, 0.6) is 5.75 Å². The molecule has 0 saturated carbocycles. The summed E-state index contributed by atoms with van der Waals surface area (Å²) in [4.78, 5) is 14.7. The Morgan fingerprint density at radius 3 is 2.86 bits per heavy atom. The standard InChI is InChI=1S/C18H20N2O2/c1-13(20-11-10-14-6-3-4-9-17(14)20)18(21)19-15-7-5-8-16(12-15)22-2/h3-9,12-13H,10-11H2,1-2H3,(H,19,21)/t13-/m1/s1. The molecule has 3 rings (SSSR count). The van der Waals surface area contributed by atoms with Crippen LogP contribution in [0.4, 0.5) is 11.4 Å². The molecule has 0 spiro atoms. The number of nitrogens with zero attached hydrogens (tertiary/aromatic N) is 1.